The largest absolute Gasteiger partial charge is 0.508 e. The van der Waals surface area contributed by atoms with Gasteiger partial charge in [-0.3, -0.25) is 4.79 Å². The maximum Gasteiger partial charge on any atom is 0.229 e. The summed E-state index contributed by atoms with van der Waals surface area (Å²) >= 11 is 0. The van der Waals surface area contributed by atoms with Crippen molar-refractivity contribution in [2.75, 3.05) is 6.61 Å². The molecule has 0 amide bonds. The standard InChI is InChI=1S/C26H28O10/c1-12(2)3-8-15-17(35-26-25(33)24(32)23(31)19(10-27)36-26)9-18-20(21(15)29)22(30)16(11-34-18)13-4-6-14(28)7-5-13/h3-7,9,11,19,23-29,31-33H,8,10H2,1-2H3/t19-,23-,24+,25-,26-/m1/s1. The molecule has 3 aromatic rings. The molecule has 10 nitrogen and oxygen atoms in total. The van der Waals surface area contributed by atoms with Gasteiger partial charge in [-0.1, -0.05) is 23.8 Å². The van der Waals surface area contributed by atoms with E-state index in [1.54, 1.807) is 18.2 Å². The third kappa shape index (κ3) is 4.81. The number of aromatic hydroxyl groups is 2. The van der Waals surface area contributed by atoms with Crippen LogP contribution in [0.4, 0.5) is 0 Å². The number of allylic oxidation sites excluding steroid dienone is 2. The third-order valence-electron chi connectivity index (χ3n) is 6.09. The molecular weight excluding hydrogens is 472 g/mol. The van der Waals surface area contributed by atoms with E-state index >= 15 is 0 Å². The highest BCUT2D eigenvalue weighted by Crippen LogP contribution is 2.38. The molecule has 1 saturated heterocycles. The van der Waals surface area contributed by atoms with E-state index in [1.165, 1.54) is 24.5 Å². The van der Waals surface area contributed by atoms with E-state index in [0.29, 0.717) is 5.56 Å². The first kappa shape index (κ1) is 25.7. The first-order valence-corrected chi connectivity index (χ1v) is 11.3. The molecule has 1 aromatic heterocycles. The van der Waals surface area contributed by atoms with Crippen molar-refractivity contribution in [1.82, 2.24) is 0 Å². The van der Waals surface area contributed by atoms with E-state index in [0.717, 1.165) is 5.57 Å². The molecule has 0 spiro atoms. The van der Waals surface area contributed by atoms with E-state index < -0.39 is 42.7 Å². The lowest BCUT2D eigenvalue weighted by Gasteiger charge is -2.39. The number of fused-ring (bicyclic) bond motifs is 1. The Hall–Kier alpha value is -3.41. The lowest BCUT2D eigenvalue weighted by Crippen LogP contribution is -2.60. The molecule has 4 rings (SSSR count). The van der Waals surface area contributed by atoms with Crippen LogP contribution in [-0.4, -0.2) is 68.0 Å². The highest BCUT2D eigenvalue weighted by Gasteiger charge is 2.45. The van der Waals surface area contributed by atoms with Crippen LogP contribution < -0.4 is 10.2 Å². The minimum atomic E-state index is -1.67. The minimum absolute atomic E-state index is 0.000527. The molecule has 5 atom stereocenters. The Balaban J connectivity index is 1.83. The van der Waals surface area contributed by atoms with Crippen molar-refractivity contribution in [3.8, 4) is 28.4 Å². The fourth-order valence-corrected chi connectivity index (χ4v) is 4.02. The zero-order valence-electron chi connectivity index (χ0n) is 19.7. The summed E-state index contributed by atoms with van der Waals surface area (Å²) in [5.41, 5.74) is 1.29. The second-order valence-electron chi connectivity index (χ2n) is 8.90. The van der Waals surface area contributed by atoms with Gasteiger partial charge in [-0.15, -0.1) is 0 Å². The molecule has 36 heavy (non-hydrogen) atoms. The maximum absolute atomic E-state index is 13.3. The summed E-state index contributed by atoms with van der Waals surface area (Å²) in [6.07, 6.45) is -4.38. The highest BCUT2D eigenvalue weighted by atomic mass is 16.7. The molecule has 10 heteroatoms. The molecule has 2 heterocycles. The second kappa shape index (κ2) is 10.3. The summed E-state index contributed by atoms with van der Waals surface area (Å²) in [6.45, 7) is 3.08. The predicted molar refractivity (Wildman–Crippen MR) is 129 cm³/mol. The van der Waals surface area contributed by atoms with Crippen molar-refractivity contribution in [1.29, 1.82) is 0 Å². The van der Waals surface area contributed by atoms with Crippen molar-refractivity contribution in [2.45, 2.75) is 51.0 Å². The summed E-state index contributed by atoms with van der Waals surface area (Å²) in [6, 6.07) is 7.32. The number of rotatable bonds is 6. The Kier molecular flexibility index (Phi) is 7.34. The van der Waals surface area contributed by atoms with Crippen LogP contribution >= 0.6 is 0 Å². The van der Waals surface area contributed by atoms with E-state index in [4.69, 9.17) is 13.9 Å². The quantitative estimate of drug-likeness (QED) is 0.273. The Bertz CT molecular complexity index is 1320. The van der Waals surface area contributed by atoms with Crippen molar-refractivity contribution in [2.24, 2.45) is 0 Å². The van der Waals surface area contributed by atoms with Gasteiger partial charge in [0.25, 0.3) is 0 Å². The molecule has 1 aliphatic rings. The number of aliphatic hydroxyl groups is 4. The fourth-order valence-electron chi connectivity index (χ4n) is 4.02. The number of benzene rings is 2. The topological polar surface area (TPSA) is 170 Å². The van der Waals surface area contributed by atoms with Crippen molar-refractivity contribution < 1.29 is 44.5 Å². The van der Waals surface area contributed by atoms with Crippen LogP contribution in [0.1, 0.15) is 19.4 Å². The zero-order chi connectivity index (χ0) is 26.1. The van der Waals surface area contributed by atoms with E-state index in [1.807, 2.05) is 13.8 Å². The number of hydrogen-bond acceptors (Lipinski definition) is 10. The van der Waals surface area contributed by atoms with Gasteiger partial charge in [0.15, 0.2) is 0 Å². The van der Waals surface area contributed by atoms with Crippen LogP contribution in [0.3, 0.4) is 0 Å². The summed E-state index contributed by atoms with van der Waals surface area (Å²) < 4.78 is 16.9. The molecule has 0 radical (unpaired) electrons. The zero-order valence-corrected chi connectivity index (χ0v) is 19.7. The smallest absolute Gasteiger partial charge is 0.229 e. The van der Waals surface area contributed by atoms with Gasteiger partial charge in [0, 0.05) is 11.6 Å². The number of aliphatic hydroxyl groups excluding tert-OH is 4. The van der Waals surface area contributed by atoms with Gasteiger partial charge in [-0.2, -0.15) is 0 Å². The molecule has 192 valence electrons. The Morgan fingerprint density at radius 2 is 1.75 bits per heavy atom. The second-order valence-corrected chi connectivity index (χ2v) is 8.90. The average Bonchev–Trinajstić information content (AvgIpc) is 2.84. The van der Waals surface area contributed by atoms with Gasteiger partial charge >= 0.3 is 0 Å². The molecule has 0 unspecified atom stereocenters. The first-order chi connectivity index (χ1) is 17.1. The summed E-state index contributed by atoms with van der Waals surface area (Å²) in [4.78, 5) is 13.3. The van der Waals surface area contributed by atoms with Gasteiger partial charge in [0.05, 0.1) is 12.2 Å². The fraction of sp³-hybridized carbons (Fsp3) is 0.346. The van der Waals surface area contributed by atoms with Crippen LogP contribution in [0.15, 0.2) is 57.5 Å². The van der Waals surface area contributed by atoms with Crippen molar-refractivity contribution >= 4 is 11.0 Å². The Labute approximate surface area is 205 Å². The molecular formula is C26H28O10. The van der Waals surface area contributed by atoms with E-state index in [9.17, 15) is 35.4 Å². The third-order valence-corrected chi connectivity index (χ3v) is 6.09. The van der Waals surface area contributed by atoms with Gasteiger partial charge in [0.1, 0.15) is 58.9 Å². The van der Waals surface area contributed by atoms with Crippen molar-refractivity contribution in [3.05, 3.63) is 64.0 Å². The molecule has 1 fully saturated rings. The Morgan fingerprint density at radius 1 is 1.06 bits per heavy atom. The minimum Gasteiger partial charge on any atom is -0.508 e. The van der Waals surface area contributed by atoms with Crippen LogP contribution in [0, 0.1) is 0 Å². The highest BCUT2D eigenvalue weighted by molar-refractivity contribution is 5.90. The lowest BCUT2D eigenvalue weighted by atomic mass is 9.99. The number of phenolic OH excluding ortho intramolecular Hbond substituents is 2. The van der Waals surface area contributed by atoms with Crippen LogP contribution in [-0.2, 0) is 11.2 Å². The van der Waals surface area contributed by atoms with E-state index in [-0.39, 0.29) is 45.8 Å². The van der Waals surface area contributed by atoms with Gasteiger partial charge in [-0.25, -0.2) is 0 Å². The number of phenols is 2. The summed E-state index contributed by atoms with van der Waals surface area (Å²) in [5.74, 6) is -0.341. The molecule has 1 aliphatic heterocycles. The van der Waals surface area contributed by atoms with Gasteiger partial charge < -0.3 is 44.5 Å². The normalized spacial score (nSPS) is 24.0. The number of hydrogen-bond donors (Lipinski definition) is 6. The average molecular weight is 501 g/mol. The van der Waals surface area contributed by atoms with Crippen molar-refractivity contribution in [3.63, 3.8) is 0 Å². The monoisotopic (exact) mass is 500 g/mol. The predicted octanol–water partition coefficient (Wildman–Crippen LogP) is 1.56. The van der Waals surface area contributed by atoms with Gasteiger partial charge in [-0.05, 0) is 38.0 Å². The molecule has 0 saturated carbocycles. The maximum atomic E-state index is 13.3. The SMILES string of the molecule is CC(C)=CCc1c(O[C@@H]2O[C@H](CO)[C@@H](O)[C@H](O)[C@H]2O)cc2occ(-c3ccc(O)cc3)c(=O)c2c1O. The van der Waals surface area contributed by atoms with Crippen LogP contribution in [0.5, 0.6) is 17.2 Å². The lowest BCUT2D eigenvalue weighted by molar-refractivity contribution is -0.277. The number of ether oxygens (including phenoxy) is 2. The molecule has 0 bridgehead atoms. The summed E-state index contributed by atoms with van der Waals surface area (Å²) in [7, 11) is 0. The Morgan fingerprint density at radius 3 is 2.39 bits per heavy atom. The molecule has 6 N–H and O–H groups in total. The summed E-state index contributed by atoms with van der Waals surface area (Å²) in [5, 5.41) is 60.6. The van der Waals surface area contributed by atoms with Gasteiger partial charge in [0.2, 0.25) is 11.7 Å². The molecule has 2 aromatic carbocycles. The van der Waals surface area contributed by atoms with Crippen LogP contribution in [0.25, 0.3) is 22.1 Å². The molecule has 0 aliphatic carbocycles. The first-order valence-electron chi connectivity index (χ1n) is 11.3. The van der Waals surface area contributed by atoms with E-state index in [2.05, 4.69) is 0 Å². The van der Waals surface area contributed by atoms with Crippen LogP contribution in [0.2, 0.25) is 0 Å².